The van der Waals surface area contributed by atoms with Crippen LogP contribution in [-0.4, -0.2) is 52.5 Å². The summed E-state index contributed by atoms with van der Waals surface area (Å²) in [6, 6.07) is 15.8. The van der Waals surface area contributed by atoms with E-state index >= 15 is 0 Å². The summed E-state index contributed by atoms with van der Waals surface area (Å²) >= 11 is 0. The Morgan fingerprint density at radius 2 is 1.50 bits per heavy atom. The number of nitrogen functional groups attached to an aromatic ring is 1. The molecule has 4 atom stereocenters. The van der Waals surface area contributed by atoms with Crippen molar-refractivity contribution in [2.24, 2.45) is 0 Å². The van der Waals surface area contributed by atoms with E-state index in [0.717, 1.165) is 16.7 Å². The minimum absolute atomic E-state index is 0.0107. The number of benzene rings is 2. The zero-order valence-corrected chi connectivity index (χ0v) is 27.1. The van der Waals surface area contributed by atoms with E-state index < -0.39 is 42.2 Å². The molecule has 10 nitrogen and oxygen atoms in total. The molecule has 240 valence electrons. The van der Waals surface area contributed by atoms with Crippen LogP contribution >= 0.6 is 0 Å². The first kappa shape index (κ1) is 32.8. The second-order valence-corrected chi connectivity index (χ2v) is 13.0. The second-order valence-electron chi connectivity index (χ2n) is 13.0. The lowest BCUT2D eigenvalue weighted by atomic mass is 9.87. The van der Waals surface area contributed by atoms with E-state index in [2.05, 4.69) is 61.6 Å². The van der Waals surface area contributed by atoms with Gasteiger partial charge in [-0.2, -0.15) is 4.98 Å². The lowest BCUT2D eigenvalue weighted by molar-refractivity contribution is -0.201. The van der Waals surface area contributed by atoms with Gasteiger partial charge in [0, 0.05) is 22.9 Å². The molecule has 0 bridgehead atoms. The average molecular weight is 626 g/mol. The minimum Gasteiger partial charge on any atom is -0.432 e. The molecule has 1 aromatic heterocycles. The molecule has 2 saturated heterocycles. The zero-order valence-electron chi connectivity index (χ0n) is 27.1. The van der Waals surface area contributed by atoms with Crippen LogP contribution in [0.1, 0.15) is 82.5 Å². The SMILES string of the molecule is CC(C)OC(=O)OC[C@H]1O[C@@H](n2cc(C#Cc3ccc(C#Cc4ccc(C(C)(C)C)cc4)cc3)c(N)nc2=O)[C@@H]2OC(C)(C)O[C@@H]21. The fourth-order valence-electron chi connectivity index (χ4n) is 5.13. The van der Waals surface area contributed by atoms with Gasteiger partial charge in [-0.05, 0) is 75.1 Å². The van der Waals surface area contributed by atoms with Gasteiger partial charge in [0.2, 0.25) is 0 Å². The van der Waals surface area contributed by atoms with Crippen LogP contribution in [0.4, 0.5) is 10.6 Å². The molecule has 5 rings (SSSR count). The van der Waals surface area contributed by atoms with Crippen LogP contribution in [0.15, 0.2) is 59.5 Å². The van der Waals surface area contributed by atoms with Gasteiger partial charge < -0.3 is 29.4 Å². The lowest BCUT2D eigenvalue weighted by Crippen LogP contribution is -2.35. The maximum Gasteiger partial charge on any atom is 0.508 e. The molecule has 0 saturated carbocycles. The van der Waals surface area contributed by atoms with E-state index in [0.29, 0.717) is 5.56 Å². The summed E-state index contributed by atoms with van der Waals surface area (Å²) in [4.78, 5) is 29.0. The molecule has 0 radical (unpaired) electrons. The third-order valence-corrected chi connectivity index (χ3v) is 7.41. The molecular weight excluding hydrogens is 586 g/mol. The standard InChI is InChI=1S/C36H39N3O7/c1-22(2)43-34(41)42-21-28-29-30(46-36(6,7)45-29)32(44-28)39-20-26(31(37)38-33(39)40)17-14-24-11-8-23(9-12-24)10-13-25-15-18-27(19-16-25)35(3,4)5/h8-9,11-12,15-16,18-20,22,28-30,32H,21H2,1-7H3,(H2,37,38,40)/t28-,29-,30-,32-/m1/s1. The number of nitrogens with zero attached hydrogens (tertiary/aromatic N) is 2. The van der Waals surface area contributed by atoms with Gasteiger partial charge in [0.05, 0.1) is 11.7 Å². The number of carbonyl (C=O) groups excluding carboxylic acids is 1. The monoisotopic (exact) mass is 625 g/mol. The van der Waals surface area contributed by atoms with Crippen molar-refractivity contribution in [2.45, 2.75) is 90.3 Å². The highest BCUT2D eigenvalue weighted by molar-refractivity contribution is 5.60. The first-order chi connectivity index (χ1) is 21.7. The van der Waals surface area contributed by atoms with Gasteiger partial charge in [-0.15, -0.1) is 0 Å². The molecule has 10 heteroatoms. The summed E-state index contributed by atoms with van der Waals surface area (Å²) in [5, 5.41) is 0. The molecule has 2 fully saturated rings. The normalized spacial score (nSPS) is 21.5. The van der Waals surface area contributed by atoms with Crippen molar-refractivity contribution in [3.63, 3.8) is 0 Å². The van der Waals surface area contributed by atoms with Crippen LogP contribution < -0.4 is 11.4 Å². The van der Waals surface area contributed by atoms with E-state index in [1.54, 1.807) is 27.7 Å². The average Bonchev–Trinajstić information content (AvgIpc) is 3.47. The van der Waals surface area contributed by atoms with Gasteiger partial charge >= 0.3 is 11.8 Å². The highest BCUT2D eigenvalue weighted by Crippen LogP contribution is 2.42. The van der Waals surface area contributed by atoms with Crippen molar-refractivity contribution in [3.8, 4) is 23.7 Å². The summed E-state index contributed by atoms with van der Waals surface area (Å²) in [6.45, 7) is 13.3. The molecule has 3 aromatic rings. The van der Waals surface area contributed by atoms with Crippen molar-refractivity contribution in [1.82, 2.24) is 9.55 Å². The van der Waals surface area contributed by atoms with E-state index in [4.69, 9.17) is 29.4 Å². The Hall–Kier alpha value is -4.61. The van der Waals surface area contributed by atoms with Crippen molar-refractivity contribution >= 4 is 12.0 Å². The van der Waals surface area contributed by atoms with Crippen LogP contribution in [0.2, 0.25) is 0 Å². The molecule has 2 aliphatic rings. The first-order valence-corrected chi connectivity index (χ1v) is 15.2. The van der Waals surface area contributed by atoms with Gasteiger partial charge in [0.1, 0.15) is 30.7 Å². The van der Waals surface area contributed by atoms with Gasteiger partial charge in [-0.1, -0.05) is 56.6 Å². The van der Waals surface area contributed by atoms with E-state index in [-0.39, 0.29) is 23.9 Å². The number of rotatable bonds is 4. The van der Waals surface area contributed by atoms with Crippen molar-refractivity contribution in [3.05, 3.63) is 93.0 Å². The van der Waals surface area contributed by atoms with Crippen molar-refractivity contribution in [2.75, 3.05) is 12.3 Å². The number of carbonyl (C=O) groups is 1. The highest BCUT2D eigenvalue weighted by atomic mass is 16.8. The van der Waals surface area contributed by atoms with Gasteiger partial charge in [0.15, 0.2) is 12.0 Å². The van der Waals surface area contributed by atoms with Crippen molar-refractivity contribution < 1.29 is 28.5 Å². The predicted molar refractivity (Wildman–Crippen MR) is 172 cm³/mol. The summed E-state index contributed by atoms with van der Waals surface area (Å²) in [7, 11) is 0. The fraction of sp³-hybridized carbons (Fsp3) is 0.417. The van der Waals surface area contributed by atoms with Crippen LogP contribution in [0.3, 0.4) is 0 Å². The van der Waals surface area contributed by atoms with Gasteiger partial charge in [0.25, 0.3) is 0 Å². The number of aromatic nitrogens is 2. The maximum absolute atomic E-state index is 13.0. The summed E-state index contributed by atoms with van der Waals surface area (Å²) in [5.41, 5.74) is 9.66. The molecule has 0 aliphatic carbocycles. The Kier molecular flexibility index (Phi) is 9.27. The quantitative estimate of drug-likeness (QED) is 0.318. The summed E-state index contributed by atoms with van der Waals surface area (Å²) in [6.07, 6.45) is -2.62. The first-order valence-electron chi connectivity index (χ1n) is 15.2. The van der Waals surface area contributed by atoms with E-state index in [1.807, 2.05) is 36.4 Å². The molecule has 46 heavy (non-hydrogen) atoms. The Bertz CT molecular complexity index is 1770. The molecule has 0 unspecified atom stereocenters. The molecule has 0 amide bonds. The van der Waals surface area contributed by atoms with Crippen LogP contribution in [-0.2, 0) is 29.1 Å². The third-order valence-electron chi connectivity index (χ3n) is 7.41. The Morgan fingerprint density at radius 3 is 2.07 bits per heavy atom. The zero-order chi connectivity index (χ0) is 33.2. The molecule has 3 heterocycles. The fourth-order valence-corrected chi connectivity index (χ4v) is 5.13. The number of anilines is 1. The number of nitrogens with two attached hydrogens (primary N) is 1. The number of hydrogen-bond acceptors (Lipinski definition) is 9. The number of fused-ring (bicyclic) bond motifs is 1. The molecular formula is C36H39N3O7. The van der Waals surface area contributed by atoms with E-state index in [9.17, 15) is 9.59 Å². The van der Waals surface area contributed by atoms with Crippen LogP contribution in [0.5, 0.6) is 0 Å². The lowest BCUT2D eigenvalue weighted by Gasteiger charge is -2.25. The van der Waals surface area contributed by atoms with E-state index in [1.165, 1.54) is 16.3 Å². The Morgan fingerprint density at radius 1 is 0.957 bits per heavy atom. The Balaban J connectivity index is 1.32. The number of ether oxygens (including phenoxy) is 5. The summed E-state index contributed by atoms with van der Waals surface area (Å²) < 4.78 is 29.8. The predicted octanol–water partition coefficient (Wildman–Crippen LogP) is 4.90. The van der Waals surface area contributed by atoms with Gasteiger partial charge in [-0.25, -0.2) is 9.59 Å². The topological polar surface area (TPSA) is 124 Å². The van der Waals surface area contributed by atoms with Crippen LogP contribution in [0.25, 0.3) is 0 Å². The van der Waals surface area contributed by atoms with Gasteiger partial charge in [-0.3, -0.25) is 4.57 Å². The van der Waals surface area contributed by atoms with Crippen LogP contribution in [0, 0.1) is 23.7 Å². The minimum atomic E-state index is -0.949. The van der Waals surface area contributed by atoms with Crippen molar-refractivity contribution in [1.29, 1.82) is 0 Å². The smallest absolute Gasteiger partial charge is 0.432 e. The molecule has 2 aromatic carbocycles. The highest BCUT2D eigenvalue weighted by Gasteiger charge is 2.56. The second kappa shape index (κ2) is 13.0. The Labute approximate surface area is 269 Å². The molecule has 2 N–H and O–H groups in total. The molecule has 0 spiro atoms. The third kappa shape index (κ3) is 7.78. The maximum atomic E-state index is 13.0. The number of hydrogen-bond donors (Lipinski definition) is 1. The molecule has 2 aliphatic heterocycles. The summed E-state index contributed by atoms with van der Waals surface area (Å²) in [5.74, 6) is 11.5. The largest absolute Gasteiger partial charge is 0.508 e.